The smallest absolute Gasteiger partial charge is 0.254 e. The molecule has 5 heteroatoms. The Kier molecular flexibility index (Phi) is 3.95. The summed E-state index contributed by atoms with van der Waals surface area (Å²) in [7, 11) is 0. The summed E-state index contributed by atoms with van der Waals surface area (Å²) in [6, 6.07) is 5.11. The SMILES string of the molecule is CCC1COC(C)CN1C(=O)c1cc(N)cc(N)c1. The summed E-state index contributed by atoms with van der Waals surface area (Å²) in [5.74, 6) is -0.0269. The van der Waals surface area contributed by atoms with Crippen molar-refractivity contribution < 1.29 is 9.53 Å². The van der Waals surface area contributed by atoms with E-state index in [9.17, 15) is 4.79 Å². The lowest BCUT2D eigenvalue weighted by Gasteiger charge is -2.38. The Balaban J connectivity index is 2.25. The van der Waals surface area contributed by atoms with Crippen LogP contribution in [0.5, 0.6) is 0 Å². The van der Waals surface area contributed by atoms with Gasteiger partial charge in [0.25, 0.3) is 5.91 Å². The highest BCUT2D eigenvalue weighted by atomic mass is 16.5. The third kappa shape index (κ3) is 2.98. The second kappa shape index (κ2) is 5.48. The minimum Gasteiger partial charge on any atom is -0.399 e. The van der Waals surface area contributed by atoms with Crippen molar-refractivity contribution in [2.75, 3.05) is 24.6 Å². The molecule has 4 N–H and O–H groups in total. The predicted molar refractivity (Wildman–Crippen MR) is 75.8 cm³/mol. The molecule has 0 radical (unpaired) electrons. The second-order valence-electron chi connectivity index (χ2n) is 5.05. The van der Waals surface area contributed by atoms with E-state index in [1.807, 2.05) is 11.8 Å². The number of amides is 1. The fraction of sp³-hybridized carbons (Fsp3) is 0.500. The molecule has 2 atom stereocenters. The van der Waals surface area contributed by atoms with Crippen molar-refractivity contribution in [1.29, 1.82) is 0 Å². The number of anilines is 2. The summed E-state index contributed by atoms with van der Waals surface area (Å²) >= 11 is 0. The predicted octanol–water partition coefficient (Wildman–Crippen LogP) is 1.49. The molecule has 5 nitrogen and oxygen atoms in total. The average molecular weight is 263 g/mol. The van der Waals surface area contributed by atoms with Gasteiger partial charge in [0, 0.05) is 23.5 Å². The molecule has 19 heavy (non-hydrogen) atoms. The topological polar surface area (TPSA) is 81.6 Å². The number of hydrogen-bond donors (Lipinski definition) is 2. The number of nitrogen functional groups attached to an aromatic ring is 2. The molecule has 1 aliphatic heterocycles. The van der Waals surface area contributed by atoms with Crippen molar-refractivity contribution in [3.05, 3.63) is 23.8 Å². The number of ether oxygens (including phenoxy) is 1. The van der Waals surface area contributed by atoms with Crippen LogP contribution in [0, 0.1) is 0 Å². The van der Waals surface area contributed by atoms with E-state index in [0.29, 0.717) is 30.1 Å². The molecule has 0 spiro atoms. The molecule has 1 fully saturated rings. The number of hydrogen-bond acceptors (Lipinski definition) is 4. The van der Waals surface area contributed by atoms with Crippen LogP contribution in [0.2, 0.25) is 0 Å². The summed E-state index contributed by atoms with van der Waals surface area (Å²) in [6.07, 6.45) is 0.932. The van der Waals surface area contributed by atoms with Crippen molar-refractivity contribution in [2.24, 2.45) is 0 Å². The maximum Gasteiger partial charge on any atom is 0.254 e. The van der Waals surface area contributed by atoms with Crippen LogP contribution in [0.15, 0.2) is 18.2 Å². The number of carbonyl (C=O) groups is 1. The number of carbonyl (C=O) groups excluding carboxylic acids is 1. The highest BCUT2D eigenvalue weighted by Crippen LogP contribution is 2.20. The van der Waals surface area contributed by atoms with E-state index in [2.05, 4.69) is 6.92 Å². The first-order valence-electron chi connectivity index (χ1n) is 6.60. The molecule has 0 bridgehead atoms. The summed E-state index contributed by atoms with van der Waals surface area (Å²) < 4.78 is 5.60. The van der Waals surface area contributed by atoms with Crippen molar-refractivity contribution in [3.8, 4) is 0 Å². The first-order chi connectivity index (χ1) is 9.01. The van der Waals surface area contributed by atoms with Gasteiger partial charge in [-0.25, -0.2) is 0 Å². The largest absolute Gasteiger partial charge is 0.399 e. The van der Waals surface area contributed by atoms with Gasteiger partial charge in [0.1, 0.15) is 0 Å². The van der Waals surface area contributed by atoms with Crippen molar-refractivity contribution in [2.45, 2.75) is 32.4 Å². The van der Waals surface area contributed by atoms with Crippen molar-refractivity contribution >= 4 is 17.3 Å². The second-order valence-corrected chi connectivity index (χ2v) is 5.05. The van der Waals surface area contributed by atoms with Gasteiger partial charge in [-0.2, -0.15) is 0 Å². The molecule has 1 aromatic rings. The van der Waals surface area contributed by atoms with Gasteiger partial charge in [0.15, 0.2) is 0 Å². The Morgan fingerprint density at radius 3 is 2.58 bits per heavy atom. The molecular formula is C14H21N3O2. The molecule has 1 saturated heterocycles. The number of morpholine rings is 1. The van der Waals surface area contributed by atoms with Crippen LogP contribution in [-0.2, 0) is 4.74 Å². The quantitative estimate of drug-likeness (QED) is 0.792. The molecule has 1 amide bonds. The van der Waals surface area contributed by atoms with E-state index in [4.69, 9.17) is 16.2 Å². The van der Waals surface area contributed by atoms with Gasteiger partial charge in [0.2, 0.25) is 0 Å². The lowest BCUT2D eigenvalue weighted by molar-refractivity contribution is -0.0444. The van der Waals surface area contributed by atoms with Gasteiger partial charge in [-0.1, -0.05) is 6.92 Å². The van der Waals surface area contributed by atoms with Crippen LogP contribution in [0.1, 0.15) is 30.6 Å². The van der Waals surface area contributed by atoms with E-state index in [1.165, 1.54) is 0 Å². The molecule has 2 unspecified atom stereocenters. The molecule has 104 valence electrons. The number of nitrogens with zero attached hydrogens (tertiary/aromatic N) is 1. The Morgan fingerprint density at radius 2 is 2.00 bits per heavy atom. The molecule has 1 aromatic carbocycles. The fourth-order valence-corrected chi connectivity index (χ4v) is 2.40. The molecule has 1 aliphatic rings. The van der Waals surface area contributed by atoms with E-state index in [-0.39, 0.29) is 18.1 Å². The molecule has 0 saturated carbocycles. The first-order valence-corrected chi connectivity index (χ1v) is 6.60. The zero-order valence-electron chi connectivity index (χ0n) is 11.4. The zero-order chi connectivity index (χ0) is 14.0. The maximum atomic E-state index is 12.6. The van der Waals surface area contributed by atoms with Crippen molar-refractivity contribution in [3.63, 3.8) is 0 Å². The Bertz CT molecular complexity index is 456. The van der Waals surface area contributed by atoms with Crippen LogP contribution in [0.3, 0.4) is 0 Å². The monoisotopic (exact) mass is 263 g/mol. The number of benzene rings is 1. The summed E-state index contributed by atoms with van der Waals surface area (Å²) in [5.41, 5.74) is 13.1. The first kappa shape index (κ1) is 13.7. The molecule has 2 rings (SSSR count). The van der Waals surface area contributed by atoms with Crippen LogP contribution >= 0.6 is 0 Å². The third-order valence-electron chi connectivity index (χ3n) is 3.42. The molecule has 0 aliphatic carbocycles. The molecular weight excluding hydrogens is 242 g/mol. The Hall–Kier alpha value is -1.75. The zero-order valence-corrected chi connectivity index (χ0v) is 11.4. The van der Waals surface area contributed by atoms with Crippen LogP contribution in [-0.4, -0.2) is 36.1 Å². The van der Waals surface area contributed by atoms with E-state index >= 15 is 0 Å². The standard InChI is InChI=1S/C14H21N3O2/c1-3-13-8-19-9(2)7-17(13)14(18)10-4-11(15)6-12(16)5-10/h4-6,9,13H,3,7-8,15-16H2,1-2H3. The Morgan fingerprint density at radius 1 is 1.37 bits per heavy atom. The van der Waals surface area contributed by atoms with Crippen molar-refractivity contribution in [1.82, 2.24) is 4.90 Å². The van der Waals surface area contributed by atoms with Gasteiger partial charge < -0.3 is 21.1 Å². The maximum absolute atomic E-state index is 12.6. The van der Waals surface area contributed by atoms with E-state index in [1.54, 1.807) is 18.2 Å². The van der Waals surface area contributed by atoms with Gasteiger partial charge in [-0.15, -0.1) is 0 Å². The highest BCUT2D eigenvalue weighted by molar-refractivity contribution is 5.96. The lowest BCUT2D eigenvalue weighted by atomic mass is 10.1. The highest BCUT2D eigenvalue weighted by Gasteiger charge is 2.30. The van der Waals surface area contributed by atoms with E-state index in [0.717, 1.165) is 6.42 Å². The van der Waals surface area contributed by atoms with Crippen LogP contribution < -0.4 is 11.5 Å². The average Bonchev–Trinajstić information content (AvgIpc) is 2.36. The van der Waals surface area contributed by atoms with Crippen LogP contribution in [0.4, 0.5) is 11.4 Å². The van der Waals surface area contributed by atoms with Gasteiger partial charge in [0.05, 0.1) is 18.8 Å². The fourth-order valence-electron chi connectivity index (χ4n) is 2.40. The number of rotatable bonds is 2. The van der Waals surface area contributed by atoms with Gasteiger partial charge in [-0.05, 0) is 31.5 Å². The number of nitrogens with two attached hydrogens (primary N) is 2. The normalized spacial score (nSPS) is 23.4. The molecule has 1 heterocycles. The summed E-state index contributed by atoms with van der Waals surface area (Å²) in [6.45, 7) is 5.21. The van der Waals surface area contributed by atoms with Gasteiger partial charge in [-0.3, -0.25) is 4.79 Å². The summed E-state index contributed by atoms with van der Waals surface area (Å²) in [4.78, 5) is 14.4. The minimum atomic E-state index is -0.0269. The Labute approximate surface area is 113 Å². The lowest BCUT2D eigenvalue weighted by Crippen LogP contribution is -2.51. The van der Waals surface area contributed by atoms with E-state index < -0.39 is 0 Å². The summed E-state index contributed by atoms with van der Waals surface area (Å²) in [5, 5.41) is 0. The van der Waals surface area contributed by atoms with Gasteiger partial charge >= 0.3 is 0 Å². The third-order valence-corrected chi connectivity index (χ3v) is 3.42. The van der Waals surface area contributed by atoms with Crippen LogP contribution in [0.25, 0.3) is 0 Å². The molecule has 0 aromatic heterocycles. The minimum absolute atomic E-state index is 0.0269.